The number of unbranched alkanes of at least 4 members (excludes halogenated alkanes) is 1. The van der Waals surface area contributed by atoms with Crippen LogP contribution in [-0.4, -0.2) is 19.1 Å². The number of thiophene rings is 1. The van der Waals surface area contributed by atoms with Gasteiger partial charge < -0.3 is 10.1 Å². The topological polar surface area (TPSA) is 38.3 Å². The van der Waals surface area contributed by atoms with Crippen molar-refractivity contribution in [3.05, 3.63) is 51.7 Å². The zero-order valence-corrected chi connectivity index (χ0v) is 13.3. The molecular formula is C17H21NO2S. The van der Waals surface area contributed by atoms with Gasteiger partial charge in [0.15, 0.2) is 0 Å². The Balaban J connectivity index is 1.58. The van der Waals surface area contributed by atoms with Gasteiger partial charge in [0.05, 0.1) is 11.5 Å². The van der Waals surface area contributed by atoms with Crippen LogP contribution in [0.3, 0.4) is 0 Å². The standard InChI is InChI=1S/C17H21NO2S/c1-13-5-8-15(9-6-13)20-12-4-3-11-18-17(19)16-10-7-14(2)21-16/h5-10H,3-4,11-12H2,1-2H3,(H,18,19). The number of benzene rings is 1. The fourth-order valence-corrected chi connectivity index (χ4v) is 2.68. The summed E-state index contributed by atoms with van der Waals surface area (Å²) in [6.45, 7) is 5.43. The molecule has 0 saturated heterocycles. The predicted molar refractivity (Wildman–Crippen MR) is 87.3 cm³/mol. The Kier molecular flexibility index (Phi) is 5.81. The highest BCUT2D eigenvalue weighted by Crippen LogP contribution is 2.14. The number of amides is 1. The van der Waals surface area contributed by atoms with E-state index in [0.29, 0.717) is 13.2 Å². The average Bonchev–Trinajstić information content (AvgIpc) is 2.91. The third-order valence-corrected chi connectivity index (χ3v) is 4.11. The number of aryl methyl sites for hydroxylation is 2. The molecule has 0 saturated carbocycles. The van der Waals surface area contributed by atoms with Crippen LogP contribution in [0.5, 0.6) is 5.75 Å². The summed E-state index contributed by atoms with van der Waals surface area (Å²) in [5, 5.41) is 2.93. The van der Waals surface area contributed by atoms with Crippen molar-refractivity contribution in [2.24, 2.45) is 0 Å². The predicted octanol–water partition coefficient (Wildman–Crippen LogP) is 3.95. The van der Waals surface area contributed by atoms with Gasteiger partial charge in [0.1, 0.15) is 5.75 Å². The number of ether oxygens (including phenoxy) is 1. The summed E-state index contributed by atoms with van der Waals surface area (Å²) < 4.78 is 5.65. The van der Waals surface area contributed by atoms with Crippen LogP contribution in [0.4, 0.5) is 0 Å². The second-order valence-electron chi connectivity index (χ2n) is 5.03. The Morgan fingerprint density at radius 3 is 2.52 bits per heavy atom. The lowest BCUT2D eigenvalue weighted by Gasteiger charge is -2.07. The van der Waals surface area contributed by atoms with Gasteiger partial charge in [0.25, 0.3) is 5.91 Å². The molecule has 0 bridgehead atoms. The van der Waals surface area contributed by atoms with Crippen molar-refractivity contribution >= 4 is 17.2 Å². The number of hydrogen-bond donors (Lipinski definition) is 1. The Labute approximate surface area is 130 Å². The quantitative estimate of drug-likeness (QED) is 0.786. The smallest absolute Gasteiger partial charge is 0.261 e. The molecule has 1 amide bonds. The molecule has 21 heavy (non-hydrogen) atoms. The molecule has 1 aromatic carbocycles. The molecule has 1 aromatic heterocycles. The first-order valence-electron chi connectivity index (χ1n) is 7.19. The Morgan fingerprint density at radius 1 is 1.10 bits per heavy atom. The molecule has 2 aromatic rings. The molecule has 1 N–H and O–H groups in total. The second kappa shape index (κ2) is 7.84. The normalized spacial score (nSPS) is 10.4. The van der Waals surface area contributed by atoms with Crippen molar-refractivity contribution in [2.75, 3.05) is 13.2 Å². The van der Waals surface area contributed by atoms with E-state index in [9.17, 15) is 4.79 Å². The van der Waals surface area contributed by atoms with Crippen LogP contribution in [0.2, 0.25) is 0 Å². The molecule has 0 unspecified atom stereocenters. The van der Waals surface area contributed by atoms with E-state index in [1.807, 2.05) is 43.3 Å². The zero-order chi connectivity index (χ0) is 15.1. The molecule has 0 radical (unpaired) electrons. The van der Waals surface area contributed by atoms with Crippen molar-refractivity contribution in [1.82, 2.24) is 5.32 Å². The van der Waals surface area contributed by atoms with Crippen LogP contribution < -0.4 is 10.1 Å². The lowest BCUT2D eigenvalue weighted by molar-refractivity contribution is 0.0956. The van der Waals surface area contributed by atoms with E-state index in [4.69, 9.17) is 4.74 Å². The molecule has 4 heteroatoms. The minimum Gasteiger partial charge on any atom is -0.494 e. The van der Waals surface area contributed by atoms with Crippen LogP contribution >= 0.6 is 11.3 Å². The van der Waals surface area contributed by atoms with E-state index >= 15 is 0 Å². The summed E-state index contributed by atoms with van der Waals surface area (Å²) in [6.07, 6.45) is 1.85. The highest BCUT2D eigenvalue weighted by molar-refractivity contribution is 7.13. The highest BCUT2D eigenvalue weighted by Gasteiger charge is 2.06. The third kappa shape index (κ3) is 5.23. The van der Waals surface area contributed by atoms with Gasteiger partial charge in [-0.2, -0.15) is 0 Å². The largest absolute Gasteiger partial charge is 0.494 e. The minimum atomic E-state index is 0.0209. The maximum absolute atomic E-state index is 11.8. The van der Waals surface area contributed by atoms with Crippen LogP contribution in [0.25, 0.3) is 0 Å². The summed E-state index contributed by atoms with van der Waals surface area (Å²) in [5.41, 5.74) is 1.23. The summed E-state index contributed by atoms with van der Waals surface area (Å²) in [4.78, 5) is 13.8. The molecule has 3 nitrogen and oxygen atoms in total. The van der Waals surface area contributed by atoms with Crippen molar-refractivity contribution in [3.63, 3.8) is 0 Å². The average molecular weight is 303 g/mol. The second-order valence-corrected chi connectivity index (χ2v) is 6.32. The minimum absolute atomic E-state index is 0.0209. The monoisotopic (exact) mass is 303 g/mol. The summed E-state index contributed by atoms with van der Waals surface area (Å²) in [6, 6.07) is 11.9. The van der Waals surface area contributed by atoms with E-state index in [1.54, 1.807) is 0 Å². The van der Waals surface area contributed by atoms with Crippen molar-refractivity contribution in [3.8, 4) is 5.75 Å². The molecular weight excluding hydrogens is 282 g/mol. The summed E-state index contributed by atoms with van der Waals surface area (Å²) in [7, 11) is 0. The lowest BCUT2D eigenvalue weighted by atomic mass is 10.2. The first kappa shape index (κ1) is 15.6. The van der Waals surface area contributed by atoms with Crippen molar-refractivity contribution in [1.29, 1.82) is 0 Å². The van der Waals surface area contributed by atoms with Gasteiger partial charge in [-0.3, -0.25) is 4.79 Å². The van der Waals surface area contributed by atoms with Gasteiger partial charge in [0, 0.05) is 11.4 Å². The van der Waals surface area contributed by atoms with Crippen LogP contribution in [-0.2, 0) is 0 Å². The van der Waals surface area contributed by atoms with Crippen LogP contribution in [0, 0.1) is 13.8 Å². The molecule has 0 aliphatic rings. The van der Waals surface area contributed by atoms with Gasteiger partial charge in [-0.05, 0) is 51.0 Å². The van der Waals surface area contributed by atoms with E-state index in [1.165, 1.54) is 16.9 Å². The van der Waals surface area contributed by atoms with E-state index in [0.717, 1.165) is 28.3 Å². The number of hydrogen-bond acceptors (Lipinski definition) is 3. The van der Waals surface area contributed by atoms with E-state index < -0.39 is 0 Å². The molecule has 1 heterocycles. The van der Waals surface area contributed by atoms with E-state index in [2.05, 4.69) is 12.2 Å². The molecule has 2 rings (SSSR count). The highest BCUT2D eigenvalue weighted by atomic mass is 32.1. The first-order chi connectivity index (χ1) is 10.1. The number of carbonyl (C=O) groups is 1. The maximum atomic E-state index is 11.8. The Morgan fingerprint density at radius 2 is 1.86 bits per heavy atom. The number of carbonyl (C=O) groups excluding carboxylic acids is 1. The fourth-order valence-electron chi connectivity index (χ4n) is 1.90. The summed E-state index contributed by atoms with van der Waals surface area (Å²) >= 11 is 1.53. The van der Waals surface area contributed by atoms with Gasteiger partial charge in [-0.25, -0.2) is 0 Å². The maximum Gasteiger partial charge on any atom is 0.261 e. The van der Waals surface area contributed by atoms with Crippen LogP contribution in [0.15, 0.2) is 36.4 Å². The van der Waals surface area contributed by atoms with Crippen LogP contribution in [0.1, 0.15) is 33.0 Å². The molecule has 112 valence electrons. The van der Waals surface area contributed by atoms with Gasteiger partial charge in [-0.1, -0.05) is 17.7 Å². The molecule has 0 atom stereocenters. The Bertz CT molecular complexity index is 575. The lowest BCUT2D eigenvalue weighted by Crippen LogP contribution is -2.23. The Hall–Kier alpha value is -1.81. The van der Waals surface area contributed by atoms with Gasteiger partial charge >= 0.3 is 0 Å². The summed E-state index contributed by atoms with van der Waals surface area (Å²) in [5.74, 6) is 0.922. The van der Waals surface area contributed by atoms with Gasteiger partial charge in [-0.15, -0.1) is 11.3 Å². The van der Waals surface area contributed by atoms with Gasteiger partial charge in [0.2, 0.25) is 0 Å². The van der Waals surface area contributed by atoms with Crippen molar-refractivity contribution in [2.45, 2.75) is 26.7 Å². The molecule has 0 aliphatic carbocycles. The van der Waals surface area contributed by atoms with E-state index in [-0.39, 0.29) is 5.91 Å². The number of rotatable bonds is 7. The molecule has 0 fully saturated rings. The van der Waals surface area contributed by atoms with Crippen molar-refractivity contribution < 1.29 is 9.53 Å². The number of nitrogens with one attached hydrogen (secondary N) is 1. The molecule has 0 spiro atoms. The first-order valence-corrected chi connectivity index (χ1v) is 8.01. The zero-order valence-electron chi connectivity index (χ0n) is 12.5. The molecule has 0 aliphatic heterocycles. The third-order valence-electron chi connectivity index (χ3n) is 3.11. The fraction of sp³-hybridized carbons (Fsp3) is 0.353. The SMILES string of the molecule is Cc1ccc(OCCCCNC(=O)c2ccc(C)s2)cc1.